The molecule has 0 saturated carbocycles. The maximum atomic E-state index is 8.73. The Kier molecular flexibility index (Phi) is 6.17. The van der Waals surface area contributed by atoms with E-state index in [0.717, 1.165) is 17.6 Å². The quantitative estimate of drug-likeness (QED) is 0.874. The first-order valence-electron chi connectivity index (χ1n) is 6.22. The molecular weight excluding hydrogens is 290 g/mol. The second-order valence-corrected chi connectivity index (χ2v) is 5.12. The number of anilines is 1. The summed E-state index contributed by atoms with van der Waals surface area (Å²) in [5.74, 6) is 0. The van der Waals surface area contributed by atoms with Gasteiger partial charge in [0.25, 0.3) is 0 Å². The Morgan fingerprint density at radius 2 is 2.22 bits per heavy atom. The Labute approximate surface area is 118 Å². The molecule has 0 aliphatic carbocycles. The van der Waals surface area contributed by atoms with Crippen LogP contribution >= 0.6 is 15.9 Å². The number of hydrogen-bond acceptors (Lipinski definition) is 3. The standard InChI is InChI=1S/C14H20BrN3/c1-4-18(9-5-8-16)14-7-6-12(15)10-13(14)11(2)17-3/h6-7,10-11,17H,4-5,9H2,1-3H3. The van der Waals surface area contributed by atoms with Gasteiger partial charge in [-0.2, -0.15) is 5.26 Å². The fraction of sp³-hybridized carbons (Fsp3) is 0.500. The summed E-state index contributed by atoms with van der Waals surface area (Å²) in [6.45, 7) is 5.95. The number of rotatable bonds is 6. The molecule has 0 aliphatic heterocycles. The van der Waals surface area contributed by atoms with Crippen molar-refractivity contribution in [2.75, 3.05) is 25.0 Å². The molecular formula is C14H20BrN3. The molecule has 1 unspecified atom stereocenters. The van der Waals surface area contributed by atoms with E-state index in [2.05, 4.69) is 64.3 Å². The molecule has 0 saturated heterocycles. The van der Waals surface area contributed by atoms with E-state index in [9.17, 15) is 0 Å². The third kappa shape index (κ3) is 3.72. The van der Waals surface area contributed by atoms with Crippen molar-refractivity contribution in [1.29, 1.82) is 5.26 Å². The Hall–Kier alpha value is -1.05. The normalized spacial score (nSPS) is 11.9. The van der Waals surface area contributed by atoms with Gasteiger partial charge in [0.2, 0.25) is 0 Å². The highest BCUT2D eigenvalue weighted by atomic mass is 79.9. The zero-order valence-electron chi connectivity index (χ0n) is 11.2. The van der Waals surface area contributed by atoms with Crippen molar-refractivity contribution in [3.8, 4) is 6.07 Å². The maximum absolute atomic E-state index is 8.73. The van der Waals surface area contributed by atoms with Gasteiger partial charge < -0.3 is 10.2 Å². The van der Waals surface area contributed by atoms with Gasteiger partial charge in [0.05, 0.1) is 12.5 Å². The summed E-state index contributed by atoms with van der Waals surface area (Å²) in [5.41, 5.74) is 2.46. The SMILES string of the molecule is CCN(CCC#N)c1ccc(Br)cc1C(C)NC. The molecule has 4 heteroatoms. The first kappa shape index (κ1) is 15.0. The van der Waals surface area contributed by atoms with Crippen LogP contribution in [0.3, 0.4) is 0 Å². The highest BCUT2D eigenvalue weighted by molar-refractivity contribution is 9.10. The summed E-state index contributed by atoms with van der Waals surface area (Å²) in [6.07, 6.45) is 0.553. The zero-order chi connectivity index (χ0) is 13.5. The average Bonchev–Trinajstić information content (AvgIpc) is 2.39. The predicted octanol–water partition coefficient (Wildman–Crippen LogP) is 3.47. The van der Waals surface area contributed by atoms with Crippen molar-refractivity contribution in [2.45, 2.75) is 26.3 Å². The van der Waals surface area contributed by atoms with Gasteiger partial charge in [0.1, 0.15) is 0 Å². The van der Waals surface area contributed by atoms with Crippen molar-refractivity contribution < 1.29 is 0 Å². The van der Waals surface area contributed by atoms with Crippen LogP contribution in [-0.2, 0) is 0 Å². The fourth-order valence-electron chi connectivity index (χ4n) is 1.95. The van der Waals surface area contributed by atoms with Gasteiger partial charge in [-0.15, -0.1) is 0 Å². The van der Waals surface area contributed by atoms with Gasteiger partial charge in [0.15, 0.2) is 0 Å². The van der Waals surface area contributed by atoms with Crippen LogP contribution in [0.5, 0.6) is 0 Å². The number of nitrogens with one attached hydrogen (secondary N) is 1. The molecule has 1 aromatic rings. The lowest BCUT2D eigenvalue weighted by atomic mass is 10.1. The van der Waals surface area contributed by atoms with Crippen LogP contribution < -0.4 is 10.2 Å². The molecule has 1 aromatic carbocycles. The lowest BCUT2D eigenvalue weighted by Gasteiger charge is -2.27. The second kappa shape index (κ2) is 7.40. The molecule has 0 bridgehead atoms. The van der Waals surface area contributed by atoms with Crippen molar-refractivity contribution >= 4 is 21.6 Å². The highest BCUT2D eigenvalue weighted by Gasteiger charge is 2.14. The third-order valence-electron chi connectivity index (χ3n) is 3.11. The summed E-state index contributed by atoms with van der Waals surface area (Å²) >= 11 is 3.52. The van der Waals surface area contributed by atoms with Crippen molar-refractivity contribution in [3.63, 3.8) is 0 Å². The highest BCUT2D eigenvalue weighted by Crippen LogP contribution is 2.29. The van der Waals surface area contributed by atoms with Crippen molar-refractivity contribution in [3.05, 3.63) is 28.2 Å². The van der Waals surface area contributed by atoms with E-state index < -0.39 is 0 Å². The molecule has 0 aliphatic rings. The molecule has 0 radical (unpaired) electrons. The van der Waals surface area contributed by atoms with E-state index in [0.29, 0.717) is 6.42 Å². The van der Waals surface area contributed by atoms with Crippen molar-refractivity contribution in [1.82, 2.24) is 5.32 Å². The van der Waals surface area contributed by atoms with E-state index in [1.54, 1.807) is 0 Å². The van der Waals surface area contributed by atoms with Gasteiger partial charge in [-0.1, -0.05) is 15.9 Å². The maximum Gasteiger partial charge on any atom is 0.0640 e. The van der Waals surface area contributed by atoms with Gasteiger partial charge in [-0.25, -0.2) is 0 Å². The van der Waals surface area contributed by atoms with Crippen LogP contribution in [0.4, 0.5) is 5.69 Å². The average molecular weight is 310 g/mol. The summed E-state index contributed by atoms with van der Waals surface area (Å²) in [7, 11) is 1.96. The summed E-state index contributed by atoms with van der Waals surface area (Å²) in [6, 6.07) is 8.81. The molecule has 1 N–H and O–H groups in total. The minimum Gasteiger partial charge on any atom is -0.371 e. The smallest absolute Gasteiger partial charge is 0.0640 e. The lowest BCUT2D eigenvalue weighted by Crippen LogP contribution is -2.26. The number of nitrogens with zero attached hydrogens (tertiary/aromatic N) is 2. The first-order valence-corrected chi connectivity index (χ1v) is 7.02. The van der Waals surface area contributed by atoms with Crippen LogP contribution in [-0.4, -0.2) is 20.1 Å². The topological polar surface area (TPSA) is 39.1 Å². The van der Waals surface area contributed by atoms with Gasteiger partial charge in [-0.05, 0) is 44.7 Å². The molecule has 0 fully saturated rings. The van der Waals surface area contributed by atoms with Crippen LogP contribution in [0, 0.1) is 11.3 Å². The molecule has 1 rings (SSSR count). The van der Waals surface area contributed by atoms with E-state index in [1.807, 2.05) is 7.05 Å². The summed E-state index contributed by atoms with van der Waals surface area (Å²) in [5, 5.41) is 12.0. The molecule has 0 spiro atoms. The Balaban J connectivity index is 3.08. The van der Waals surface area contributed by atoms with E-state index >= 15 is 0 Å². The molecule has 0 aromatic heterocycles. The van der Waals surface area contributed by atoms with E-state index in [-0.39, 0.29) is 6.04 Å². The molecule has 0 heterocycles. The van der Waals surface area contributed by atoms with Gasteiger partial charge in [0, 0.05) is 29.3 Å². The number of halogens is 1. The predicted molar refractivity (Wildman–Crippen MR) is 79.7 cm³/mol. The van der Waals surface area contributed by atoms with Crippen LogP contribution in [0.1, 0.15) is 31.9 Å². The number of hydrogen-bond donors (Lipinski definition) is 1. The third-order valence-corrected chi connectivity index (χ3v) is 3.60. The molecule has 0 amide bonds. The Morgan fingerprint density at radius 1 is 1.50 bits per heavy atom. The summed E-state index contributed by atoms with van der Waals surface area (Å²) in [4.78, 5) is 2.25. The van der Waals surface area contributed by atoms with Crippen LogP contribution in [0.15, 0.2) is 22.7 Å². The minimum atomic E-state index is 0.286. The summed E-state index contributed by atoms with van der Waals surface area (Å²) < 4.78 is 1.08. The van der Waals surface area contributed by atoms with Crippen LogP contribution in [0.25, 0.3) is 0 Å². The molecule has 1 atom stereocenters. The largest absolute Gasteiger partial charge is 0.371 e. The van der Waals surface area contributed by atoms with Crippen LogP contribution in [0.2, 0.25) is 0 Å². The second-order valence-electron chi connectivity index (χ2n) is 4.20. The fourth-order valence-corrected chi connectivity index (χ4v) is 2.33. The monoisotopic (exact) mass is 309 g/mol. The van der Waals surface area contributed by atoms with E-state index in [4.69, 9.17) is 5.26 Å². The van der Waals surface area contributed by atoms with Crippen molar-refractivity contribution in [2.24, 2.45) is 0 Å². The number of benzene rings is 1. The number of nitriles is 1. The Morgan fingerprint density at radius 3 is 2.78 bits per heavy atom. The first-order chi connectivity index (χ1) is 8.63. The minimum absolute atomic E-state index is 0.286. The lowest BCUT2D eigenvalue weighted by molar-refractivity contribution is 0.647. The molecule has 98 valence electrons. The zero-order valence-corrected chi connectivity index (χ0v) is 12.8. The van der Waals surface area contributed by atoms with E-state index in [1.165, 1.54) is 11.3 Å². The molecule has 3 nitrogen and oxygen atoms in total. The van der Waals surface area contributed by atoms with Gasteiger partial charge in [-0.3, -0.25) is 0 Å². The van der Waals surface area contributed by atoms with Gasteiger partial charge >= 0.3 is 0 Å². The molecule has 18 heavy (non-hydrogen) atoms. The Bertz CT molecular complexity index is 426.